The van der Waals surface area contributed by atoms with E-state index in [0.717, 1.165) is 91.8 Å². The van der Waals surface area contributed by atoms with Gasteiger partial charge in [-0.25, -0.2) is 0 Å². The van der Waals surface area contributed by atoms with Gasteiger partial charge < -0.3 is 24.8 Å². The molecule has 0 aliphatic carbocycles. The molecule has 4 aromatic rings. The standard InChI is InChI=1S/C40H47ClN6O4/c1-45-24-34(32-9-14-42-23-33(32)40(45)50)29-20-36(41)35(37(21-29)51-2)25-46-15-10-26(11-16-46)19-39(49)47-17-12-28(13-18-47)27-3-5-30(6-4-27)44-31-7-8-38(48)43-22-31/h3-6,9,14,20-21,23-24,26,28,31,44H,7-8,10-13,15-19,22,25H2,1-2H3,(H,43,48). The fourth-order valence-corrected chi connectivity index (χ4v) is 8.27. The van der Waals surface area contributed by atoms with Crippen molar-refractivity contribution in [1.29, 1.82) is 0 Å². The highest BCUT2D eigenvalue weighted by molar-refractivity contribution is 6.32. The number of benzene rings is 2. The largest absolute Gasteiger partial charge is 0.496 e. The Morgan fingerprint density at radius 2 is 1.76 bits per heavy atom. The Morgan fingerprint density at radius 1 is 1.00 bits per heavy atom. The molecule has 2 aromatic heterocycles. The first-order valence-electron chi connectivity index (χ1n) is 18.2. The molecule has 51 heavy (non-hydrogen) atoms. The van der Waals surface area contributed by atoms with Gasteiger partial charge in [-0.05, 0) is 104 Å². The van der Waals surface area contributed by atoms with Crippen molar-refractivity contribution < 1.29 is 14.3 Å². The highest BCUT2D eigenvalue weighted by atomic mass is 35.5. The van der Waals surface area contributed by atoms with E-state index in [1.165, 1.54) is 5.56 Å². The highest BCUT2D eigenvalue weighted by Crippen LogP contribution is 2.37. The summed E-state index contributed by atoms with van der Waals surface area (Å²) in [5, 5.41) is 8.48. The summed E-state index contributed by atoms with van der Waals surface area (Å²) in [5.74, 6) is 1.99. The van der Waals surface area contributed by atoms with Crippen LogP contribution in [0.4, 0.5) is 5.69 Å². The smallest absolute Gasteiger partial charge is 0.259 e. The number of likely N-dealkylation sites (tertiary alicyclic amines) is 2. The number of pyridine rings is 2. The molecule has 7 rings (SSSR count). The third-order valence-corrected chi connectivity index (χ3v) is 11.4. The maximum Gasteiger partial charge on any atom is 0.259 e. The molecule has 0 bridgehead atoms. The van der Waals surface area contributed by atoms with Crippen LogP contribution in [0, 0.1) is 5.92 Å². The lowest BCUT2D eigenvalue weighted by Crippen LogP contribution is -2.41. The van der Waals surface area contributed by atoms with Crippen molar-refractivity contribution in [3.8, 4) is 16.9 Å². The number of nitrogens with one attached hydrogen (secondary N) is 2. The molecule has 0 radical (unpaired) electrons. The van der Waals surface area contributed by atoms with E-state index in [-0.39, 0.29) is 23.4 Å². The summed E-state index contributed by atoms with van der Waals surface area (Å²) in [6, 6.07) is 14.8. The first kappa shape index (κ1) is 35.0. The zero-order valence-electron chi connectivity index (χ0n) is 29.5. The van der Waals surface area contributed by atoms with Crippen molar-refractivity contribution in [2.45, 2.75) is 63.5 Å². The van der Waals surface area contributed by atoms with Crippen molar-refractivity contribution in [2.24, 2.45) is 13.0 Å². The van der Waals surface area contributed by atoms with Crippen LogP contribution in [0.15, 0.2) is 65.8 Å². The number of nitrogens with zero attached hydrogens (tertiary/aromatic N) is 4. The first-order valence-corrected chi connectivity index (χ1v) is 18.6. The molecular formula is C40H47ClN6O4. The molecule has 3 fully saturated rings. The number of ether oxygens (including phenoxy) is 1. The van der Waals surface area contributed by atoms with E-state index in [2.05, 4.69) is 49.7 Å². The van der Waals surface area contributed by atoms with Crippen LogP contribution in [0.25, 0.3) is 21.9 Å². The number of amides is 2. The average molecular weight is 711 g/mol. The SMILES string of the molecule is COc1cc(-c2cn(C)c(=O)c3cnccc23)cc(Cl)c1CN1CCC(CC(=O)N2CCC(c3ccc(NC4CCC(=O)NC4)cc3)CC2)CC1. The highest BCUT2D eigenvalue weighted by Gasteiger charge is 2.28. The maximum absolute atomic E-state index is 13.4. The second-order valence-electron chi connectivity index (χ2n) is 14.4. The lowest BCUT2D eigenvalue weighted by atomic mass is 9.88. The third kappa shape index (κ3) is 7.92. The van der Waals surface area contributed by atoms with Gasteiger partial charge in [0.25, 0.3) is 5.56 Å². The minimum atomic E-state index is -0.0911. The Balaban J connectivity index is 0.893. The average Bonchev–Trinajstić information content (AvgIpc) is 3.16. The predicted octanol–water partition coefficient (Wildman–Crippen LogP) is 5.96. The molecule has 2 amide bonds. The van der Waals surface area contributed by atoms with Gasteiger partial charge in [0, 0.05) is 92.5 Å². The number of halogens is 1. The predicted molar refractivity (Wildman–Crippen MR) is 201 cm³/mol. The molecule has 11 heteroatoms. The van der Waals surface area contributed by atoms with Crippen LogP contribution in [0.5, 0.6) is 5.75 Å². The summed E-state index contributed by atoms with van der Waals surface area (Å²) in [6.45, 7) is 4.77. The number of hydrogen-bond acceptors (Lipinski definition) is 7. The fraction of sp³-hybridized carbons (Fsp3) is 0.450. The lowest BCUT2D eigenvalue weighted by molar-refractivity contribution is -0.133. The molecule has 3 saturated heterocycles. The Hall–Kier alpha value is -4.41. The van der Waals surface area contributed by atoms with Crippen LogP contribution >= 0.6 is 11.6 Å². The summed E-state index contributed by atoms with van der Waals surface area (Å²) < 4.78 is 7.43. The van der Waals surface area contributed by atoms with Gasteiger partial charge in [-0.3, -0.25) is 24.3 Å². The second-order valence-corrected chi connectivity index (χ2v) is 14.8. The number of fused-ring (bicyclic) bond motifs is 1. The van der Waals surface area contributed by atoms with Gasteiger partial charge >= 0.3 is 0 Å². The molecule has 3 aliphatic heterocycles. The molecule has 2 N–H and O–H groups in total. The number of carbonyl (C=O) groups is 2. The zero-order chi connectivity index (χ0) is 35.5. The number of aromatic nitrogens is 2. The van der Waals surface area contributed by atoms with E-state index in [9.17, 15) is 14.4 Å². The molecule has 5 heterocycles. The van der Waals surface area contributed by atoms with Gasteiger partial charge in [0.2, 0.25) is 11.8 Å². The van der Waals surface area contributed by atoms with E-state index in [1.807, 2.05) is 24.4 Å². The number of piperidine rings is 3. The molecule has 2 aromatic carbocycles. The minimum Gasteiger partial charge on any atom is -0.496 e. The quantitative estimate of drug-likeness (QED) is 0.221. The monoisotopic (exact) mass is 710 g/mol. The molecule has 0 saturated carbocycles. The van der Waals surface area contributed by atoms with Crippen molar-refractivity contribution in [1.82, 2.24) is 24.7 Å². The van der Waals surface area contributed by atoms with Crippen LogP contribution in [0.3, 0.4) is 0 Å². The van der Waals surface area contributed by atoms with Crippen molar-refractivity contribution >= 4 is 39.9 Å². The topological polar surface area (TPSA) is 109 Å². The number of aryl methyl sites for hydroxylation is 1. The summed E-state index contributed by atoms with van der Waals surface area (Å²) >= 11 is 6.93. The van der Waals surface area contributed by atoms with Crippen molar-refractivity contribution in [2.75, 3.05) is 45.2 Å². The number of rotatable bonds is 9. The Morgan fingerprint density at radius 3 is 2.47 bits per heavy atom. The van der Waals surface area contributed by atoms with Crippen molar-refractivity contribution in [3.05, 3.63) is 87.6 Å². The van der Waals surface area contributed by atoms with Gasteiger partial charge in [0.05, 0.1) is 12.5 Å². The Kier molecular flexibility index (Phi) is 10.6. The molecule has 268 valence electrons. The summed E-state index contributed by atoms with van der Waals surface area (Å²) in [7, 11) is 3.41. The Labute approximate surface area is 304 Å². The van der Waals surface area contributed by atoms with E-state index >= 15 is 0 Å². The normalized spacial score (nSPS) is 19.2. The van der Waals surface area contributed by atoms with Crippen LogP contribution in [0.2, 0.25) is 5.02 Å². The molecular weight excluding hydrogens is 664 g/mol. The van der Waals surface area contributed by atoms with Gasteiger partial charge in [-0.2, -0.15) is 0 Å². The zero-order valence-corrected chi connectivity index (χ0v) is 30.3. The minimum absolute atomic E-state index is 0.0911. The lowest BCUT2D eigenvalue weighted by Gasteiger charge is -2.35. The first-order chi connectivity index (χ1) is 24.7. The molecule has 3 aliphatic rings. The van der Waals surface area contributed by atoms with E-state index in [1.54, 1.807) is 31.1 Å². The molecule has 1 unspecified atom stereocenters. The fourth-order valence-electron chi connectivity index (χ4n) is 8.00. The molecule has 0 spiro atoms. The van der Waals surface area contributed by atoms with Gasteiger partial charge in [0.1, 0.15) is 5.75 Å². The van der Waals surface area contributed by atoms with Gasteiger partial charge in [-0.15, -0.1) is 0 Å². The molecule has 10 nitrogen and oxygen atoms in total. The third-order valence-electron chi connectivity index (χ3n) is 11.1. The van der Waals surface area contributed by atoms with E-state index < -0.39 is 0 Å². The second kappa shape index (κ2) is 15.5. The number of anilines is 1. The van der Waals surface area contributed by atoms with Crippen LogP contribution < -0.4 is 20.9 Å². The molecule has 1 atom stereocenters. The summed E-state index contributed by atoms with van der Waals surface area (Å²) in [4.78, 5) is 46.1. The number of hydrogen-bond donors (Lipinski definition) is 2. The van der Waals surface area contributed by atoms with E-state index in [4.69, 9.17) is 16.3 Å². The van der Waals surface area contributed by atoms with Gasteiger partial charge in [0.15, 0.2) is 0 Å². The summed E-state index contributed by atoms with van der Waals surface area (Å²) in [5.41, 5.74) is 5.05. The maximum atomic E-state index is 13.4. The Bertz CT molecular complexity index is 1940. The van der Waals surface area contributed by atoms with Crippen LogP contribution in [0.1, 0.15) is 62.0 Å². The number of carbonyl (C=O) groups excluding carboxylic acids is 2. The number of methoxy groups -OCH3 is 1. The van der Waals surface area contributed by atoms with Crippen LogP contribution in [-0.4, -0.2) is 77.0 Å². The summed E-state index contributed by atoms with van der Waals surface area (Å²) in [6.07, 6.45) is 11.1. The van der Waals surface area contributed by atoms with Crippen molar-refractivity contribution in [3.63, 3.8) is 0 Å². The van der Waals surface area contributed by atoms with Crippen LogP contribution in [-0.2, 0) is 23.2 Å². The van der Waals surface area contributed by atoms with E-state index in [0.29, 0.717) is 48.2 Å². The van der Waals surface area contributed by atoms with Gasteiger partial charge in [-0.1, -0.05) is 23.7 Å².